The quantitative estimate of drug-likeness (QED) is 0.733. The monoisotopic (exact) mass is 394 g/mol. The highest BCUT2D eigenvalue weighted by Crippen LogP contribution is 2.21. The number of aromatic nitrogens is 1. The van der Waals surface area contributed by atoms with Gasteiger partial charge in [-0.1, -0.05) is 0 Å². The Kier molecular flexibility index (Phi) is 6.50. The van der Waals surface area contributed by atoms with Gasteiger partial charge in [0.25, 0.3) is 5.91 Å². The molecule has 7 nitrogen and oxygen atoms in total. The van der Waals surface area contributed by atoms with E-state index < -0.39 is 35.6 Å². The first kappa shape index (κ1) is 21.1. The van der Waals surface area contributed by atoms with Crippen LogP contribution in [0.25, 0.3) is 0 Å². The first-order valence-electron chi connectivity index (χ1n) is 8.48. The summed E-state index contributed by atoms with van der Waals surface area (Å²) in [6.07, 6.45) is -1.30. The summed E-state index contributed by atoms with van der Waals surface area (Å²) in [5.74, 6) is -3.86. The van der Waals surface area contributed by atoms with Crippen molar-refractivity contribution in [3.05, 3.63) is 52.3 Å². The minimum absolute atomic E-state index is 0.0969. The predicted octanol–water partition coefficient (Wildman–Crippen LogP) is 3.27. The zero-order valence-corrected chi connectivity index (χ0v) is 15.8. The van der Waals surface area contributed by atoms with Crippen LogP contribution in [-0.2, 0) is 14.3 Å². The molecular weight excluding hydrogens is 374 g/mol. The average molecular weight is 394 g/mol. The van der Waals surface area contributed by atoms with Crippen LogP contribution in [0, 0.1) is 25.5 Å². The lowest BCUT2D eigenvalue weighted by molar-refractivity contribution is -0.123. The number of hydrogen-bond acceptors (Lipinski definition) is 5. The van der Waals surface area contributed by atoms with E-state index in [1.807, 2.05) is 0 Å². The van der Waals surface area contributed by atoms with Gasteiger partial charge in [0.1, 0.15) is 17.3 Å². The Morgan fingerprint density at radius 3 is 2.50 bits per heavy atom. The zero-order valence-electron chi connectivity index (χ0n) is 15.8. The Morgan fingerprint density at radius 2 is 1.86 bits per heavy atom. The Labute approximate surface area is 160 Å². The van der Waals surface area contributed by atoms with E-state index in [1.165, 1.54) is 6.92 Å². The molecule has 0 aliphatic rings. The molecule has 1 heterocycles. The number of carbonyl (C=O) groups excluding carboxylic acids is 3. The molecule has 2 rings (SSSR count). The average Bonchev–Trinajstić information content (AvgIpc) is 2.92. The van der Waals surface area contributed by atoms with Crippen LogP contribution >= 0.6 is 0 Å². The second kappa shape index (κ2) is 8.64. The minimum Gasteiger partial charge on any atom is -0.461 e. The van der Waals surface area contributed by atoms with Gasteiger partial charge in [-0.2, -0.15) is 0 Å². The number of rotatable bonds is 6. The van der Waals surface area contributed by atoms with E-state index >= 15 is 0 Å². The maximum absolute atomic E-state index is 13.6. The summed E-state index contributed by atoms with van der Waals surface area (Å²) >= 11 is 0. The van der Waals surface area contributed by atoms with Gasteiger partial charge in [0.2, 0.25) is 0 Å². The Bertz CT molecular complexity index is 923. The normalized spacial score (nSPS) is 11.6. The van der Waals surface area contributed by atoms with Gasteiger partial charge in [-0.3, -0.25) is 4.79 Å². The van der Waals surface area contributed by atoms with Crippen LogP contribution in [0.2, 0.25) is 0 Å². The zero-order chi connectivity index (χ0) is 21.0. The summed E-state index contributed by atoms with van der Waals surface area (Å²) in [4.78, 5) is 39.3. The third kappa shape index (κ3) is 4.54. The molecule has 0 radical (unpaired) electrons. The van der Waals surface area contributed by atoms with Gasteiger partial charge in [-0.15, -0.1) is 0 Å². The highest BCUT2D eigenvalue weighted by Gasteiger charge is 2.27. The number of aromatic amines is 1. The van der Waals surface area contributed by atoms with Gasteiger partial charge < -0.3 is 19.8 Å². The second-order valence-electron chi connectivity index (χ2n) is 6.01. The van der Waals surface area contributed by atoms with Crippen molar-refractivity contribution >= 4 is 23.5 Å². The Hall–Kier alpha value is -3.23. The number of anilines is 1. The molecule has 0 bridgehead atoms. The molecule has 0 aliphatic carbocycles. The fourth-order valence-electron chi connectivity index (χ4n) is 2.56. The molecule has 1 aromatic carbocycles. The summed E-state index contributed by atoms with van der Waals surface area (Å²) in [6.45, 7) is 6.22. The van der Waals surface area contributed by atoms with Gasteiger partial charge in [0.05, 0.1) is 17.9 Å². The molecule has 1 aromatic heterocycles. The van der Waals surface area contributed by atoms with Gasteiger partial charge in [-0.25, -0.2) is 18.4 Å². The van der Waals surface area contributed by atoms with Crippen molar-refractivity contribution in [2.45, 2.75) is 33.8 Å². The molecule has 150 valence electrons. The van der Waals surface area contributed by atoms with Crippen LogP contribution in [0.15, 0.2) is 18.2 Å². The molecular formula is C19H20F2N2O5. The van der Waals surface area contributed by atoms with Crippen LogP contribution in [0.4, 0.5) is 14.5 Å². The molecule has 0 spiro atoms. The van der Waals surface area contributed by atoms with Crippen LogP contribution < -0.4 is 5.32 Å². The summed E-state index contributed by atoms with van der Waals surface area (Å²) in [5, 5.41) is 2.16. The van der Waals surface area contributed by atoms with E-state index in [4.69, 9.17) is 9.47 Å². The topological polar surface area (TPSA) is 97.5 Å². The molecule has 2 N–H and O–H groups in total. The Morgan fingerprint density at radius 1 is 1.18 bits per heavy atom. The van der Waals surface area contributed by atoms with Crippen LogP contribution in [0.1, 0.15) is 46.0 Å². The molecule has 1 amide bonds. The predicted molar refractivity (Wildman–Crippen MR) is 96.1 cm³/mol. The fraction of sp³-hybridized carbons (Fsp3) is 0.316. The van der Waals surface area contributed by atoms with E-state index in [9.17, 15) is 23.2 Å². The molecule has 0 saturated carbocycles. The standard InChI is InChI=1S/C19H20F2N2O5/c1-5-27-19(26)16-9(2)15(10(3)22-16)18(25)28-11(4)17(24)23-14-8-12(20)6-7-13(14)21/h6-8,11,22H,5H2,1-4H3,(H,23,24)/t11-/m1/s1. The van der Waals surface area contributed by atoms with E-state index in [-0.39, 0.29) is 23.6 Å². The minimum atomic E-state index is -1.30. The molecule has 9 heteroatoms. The van der Waals surface area contributed by atoms with Crippen molar-refractivity contribution in [3.8, 4) is 0 Å². The number of esters is 2. The van der Waals surface area contributed by atoms with Crippen molar-refractivity contribution < 1.29 is 32.6 Å². The van der Waals surface area contributed by atoms with Crippen LogP contribution in [0.3, 0.4) is 0 Å². The molecule has 0 unspecified atom stereocenters. The number of ether oxygens (including phenoxy) is 2. The summed E-state index contributed by atoms with van der Waals surface area (Å²) < 4.78 is 36.9. The number of carbonyl (C=O) groups is 3. The van der Waals surface area contributed by atoms with E-state index in [0.29, 0.717) is 11.3 Å². The molecule has 0 aliphatic heterocycles. The van der Waals surface area contributed by atoms with Crippen LogP contribution in [0.5, 0.6) is 0 Å². The summed E-state index contributed by atoms with van der Waals surface area (Å²) in [7, 11) is 0. The number of nitrogens with one attached hydrogen (secondary N) is 2. The van der Waals surface area contributed by atoms with Crippen molar-refractivity contribution in [1.82, 2.24) is 4.98 Å². The number of aryl methyl sites for hydroxylation is 1. The SMILES string of the molecule is CCOC(=O)c1[nH]c(C)c(C(=O)O[C@H](C)C(=O)Nc2cc(F)ccc2F)c1C. The van der Waals surface area contributed by atoms with Gasteiger partial charge in [-0.05, 0) is 45.4 Å². The van der Waals surface area contributed by atoms with E-state index in [1.54, 1.807) is 20.8 Å². The molecule has 0 saturated heterocycles. The van der Waals surface area contributed by atoms with Crippen molar-refractivity contribution in [2.75, 3.05) is 11.9 Å². The number of halogens is 2. The Balaban J connectivity index is 2.13. The number of amides is 1. The maximum atomic E-state index is 13.6. The molecule has 2 aromatic rings. The largest absolute Gasteiger partial charge is 0.461 e. The lowest BCUT2D eigenvalue weighted by Gasteiger charge is -2.14. The summed E-state index contributed by atoms with van der Waals surface area (Å²) in [6, 6.07) is 2.59. The van der Waals surface area contributed by atoms with Gasteiger partial charge in [0, 0.05) is 11.8 Å². The van der Waals surface area contributed by atoms with Gasteiger partial charge >= 0.3 is 11.9 Å². The number of hydrogen-bond donors (Lipinski definition) is 2. The first-order chi connectivity index (χ1) is 13.1. The summed E-state index contributed by atoms with van der Waals surface area (Å²) in [5.41, 5.74) is 0.537. The lowest BCUT2D eigenvalue weighted by Crippen LogP contribution is -2.30. The van der Waals surface area contributed by atoms with Crippen molar-refractivity contribution in [1.29, 1.82) is 0 Å². The van der Waals surface area contributed by atoms with Crippen LogP contribution in [-0.4, -0.2) is 35.5 Å². The second-order valence-corrected chi connectivity index (χ2v) is 6.01. The number of H-pyrrole nitrogens is 1. The third-order valence-corrected chi connectivity index (χ3v) is 3.96. The highest BCUT2D eigenvalue weighted by molar-refractivity contribution is 6.01. The van der Waals surface area contributed by atoms with Crippen molar-refractivity contribution in [3.63, 3.8) is 0 Å². The van der Waals surface area contributed by atoms with Gasteiger partial charge in [0.15, 0.2) is 6.10 Å². The van der Waals surface area contributed by atoms with E-state index in [0.717, 1.165) is 18.2 Å². The van der Waals surface area contributed by atoms with E-state index in [2.05, 4.69) is 10.3 Å². The number of benzene rings is 1. The fourth-order valence-corrected chi connectivity index (χ4v) is 2.56. The molecule has 0 fully saturated rings. The molecule has 28 heavy (non-hydrogen) atoms. The highest BCUT2D eigenvalue weighted by atomic mass is 19.1. The third-order valence-electron chi connectivity index (χ3n) is 3.96. The molecule has 1 atom stereocenters. The van der Waals surface area contributed by atoms with Crippen molar-refractivity contribution in [2.24, 2.45) is 0 Å². The first-order valence-corrected chi connectivity index (χ1v) is 8.48. The lowest BCUT2D eigenvalue weighted by atomic mass is 10.1. The smallest absolute Gasteiger partial charge is 0.355 e. The maximum Gasteiger partial charge on any atom is 0.355 e.